The van der Waals surface area contributed by atoms with Gasteiger partial charge in [0, 0.05) is 12.1 Å². The molecular formula is C28H22O5. The molecule has 0 aliphatic rings. The third-order valence-electron chi connectivity index (χ3n) is 4.79. The molecule has 0 aliphatic carbocycles. The Morgan fingerprint density at radius 3 is 1.15 bits per heavy atom. The Morgan fingerprint density at radius 1 is 0.394 bits per heavy atom. The summed E-state index contributed by atoms with van der Waals surface area (Å²) in [6.07, 6.45) is 7.37. The number of phenolic OH excluding ortho intramolecular Hbond substituents is 4. The molecule has 33 heavy (non-hydrogen) atoms. The van der Waals surface area contributed by atoms with Crippen molar-refractivity contribution in [2.24, 2.45) is 0 Å². The molecule has 0 spiro atoms. The molecule has 4 rings (SSSR count). The van der Waals surface area contributed by atoms with Crippen LogP contribution in [0.5, 0.6) is 34.5 Å². The van der Waals surface area contributed by atoms with Gasteiger partial charge in [0.05, 0.1) is 0 Å². The molecule has 5 nitrogen and oxygen atoms in total. The van der Waals surface area contributed by atoms with Gasteiger partial charge in [0.1, 0.15) is 34.5 Å². The molecule has 0 saturated heterocycles. The summed E-state index contributed by atoms with van der Waals surface area (Å²) in [4.78, 5) is 0. The zero-order chi connectivity index (χ0) is 23.2. The number of ether oxygens (including phenoxy) is 1. The number of phenols is 4. The van der Waals surface area contributed by atoms with Crippen LogP contribution in [0.3, 0.4) is 0 Å². The average Bonchev–Trinajstić information content (AvgIpc) is 2.78. The summed E-state index contributed by atoms with van der Waals surface area (Å²) in [6.45, 7) is 0. The van der Waals surface area contributed by atoms with Gasteiger partial charge in [0.15, 0.2) is 0 Å². The summed E-state index contributed by atoms with van der Waals surface area (Å²) in [5.74, 6) is 1.32. The highest BCUT2D eigenvalue weighted by molar-refractivity contribution is 5.72. The summed E-state index contributed by atoms with van der Waals surface area (Å²) in [5.41, 5.74) is 3.25. The van der Waals surface area contributed by atoms with Crippen molar-refractivity contribution >= 4 is 24.3 Å². The van der Waals surface area contributed by atoms with Crippen LogP contribution in [0.4, 0.5) is 0 Å². The molecule has 0 unspecified atom stereocenters. The average molecular weight is 438 g/mol. The topological polar surface area (TPSA) is 90.2 Å². The third kappa shape index (κ3) is 6.18. The van der Waals surface area contributed by atoms with Gasteiger partial charge in [0.25, 0.3) is 0 Å². The van der Waals surface area contributed by atoms with Gasteiger partial charge >= 0.3 is 0 Å². The molecule has 0 heterocycles. The maximum atomic E-state index is 10.1. The minimum absolute atomic E-state index is 0.0467. The zero-order valence-electron chi connectivity index (χ0n) is 17.6. The van der Waals surface area contributed by atoms with Crippen LogP contribution in [0.25, 0.3) is 24.3 Å². The predicted molar refractivity (Wildman–Crippen MR) is 130 cm³/mol. The van der Waals surface area contributed by atoms with Gasteiger partial charge in [-0.25, -0.2) is 0 Å². The van der Waals surface area contributed by atoms with Crippen molar-refractivity contribution in [2.75, 3.05) is 0 Å². The summed E-state index contributed by atoms with van der Waals surface area (Å²) in [6, 6.07) is 23.3. The van der Waals surface area contributed by atoms with Crippen molar-refractivity contribution in [1.82, 2.24) is 0 Å². The molecule has 4 aromatic carbocycles. The number of hydrogen-bond acceptors (Lipinski definition) is 5. The van der Waals surface area contributed by atoms with Crippen molar-refractivity contribution in [3.8, 4) is 34.5 Å². The van der Waals surface area contributed by atoms with Gasteiger partial charge in [-0.1, -0.05) is 48.6 Å². The van der Waals surface area contributed by atoms with E-state index in [0.717, 1.165) is 22.3 Å². The lowest BCUT2D eigenvalue weighted by molar-refractivity contribution is 0.446. The number of benzene rings is 4. The molecule has 164 valence electrons. The van der Waals surface area contributed by atoms with E-state index in [9.17, 15) is 20.4 Å². The van der Waals surface area contributed by atoms with E-state index >= 15 is 0 Å². The van der Waals surface area contributed by atoms with Gasteiger partial charge in [-0.15, -0.1) is 0 Å². The van der Waals surface area contributed by atoms with Crippen LogP contribution in [0, 0.1) is 0 Å². The second-order valence-electron chi connectivity index (χ2n) is 7.47. The SMILES string of the molecule is Oc1ccc(/C=C/c2cc(O)cc(Oc3cc(O)cc(/C=C/c4ccc(O)cc4)c3)c2)cc1. The maximum absolute atomic E-state index is 10.1. The van der Waals surface area contributed by atoms with E-state index in [4.69, 9.17) is 4.74 Å². The Balaban J connectivity index is 1.53. The fraction of sp³-hybridized carbons (Fsp3) is 0. The lowest BCUT2D eigenvalue weighted by atomic mass is 10.1. The van der Waals surface area contributed by atoms with Crippen LogP contribution in [0.1, 0.15) is 22.3 Å². The summed E-state index contributed by atoms with van der Waals surface area (Å²) in [5, 5.41) is 39.0. The molecule has 0 aromatic heterocycles. The fourth-order valence-corrected chi connectivity index (χ4v) is 3.21. The molecule has 0 aliphatic heterocycles. The van der Waals surface area contributed by atoms with Crippen molar-refractivity contribution in [1.29, 1.82) is 0 Å². The second kappa shape index (κ2) is 9.66. The highest BCUT2D eigenvalue weighted by Crippen LogP contribution is 2.31. The first-order valence-corrected chi connectivity index (χ1v) is 10.2. The molecule has 0 atom stereocenters. The van der Waals surface area contributed by atoms with Crippen molar-refractivity contribution in [3.63, 3.8) is 0 Å². The van der Waals surface area contributed by atoms with Crippen molar-refractivity contribution in [3.05, 3.63) is 107 Å². The van der Waals surface area contributed by atoms with Crippen LogP contribution in [-0.2, 0) is 0 Å². The Kier molecular flexibility index (Phi) is 6.32. The Bertz CT molecular complexity index is 1200. The first-order chi connectivity index (χ1) is 15.9. The van der Waals surface area contributed by atoms with Gasteiger partial charge in [-0.05, 0) is 70.8 Å². The molecular weight excluding hydrogens is 416 g/mol. The van der Waals surface area contributed by atoms with E-state index in [-0.39, 0.29) is 23.0 Å². The van der Waals surface area contributed by atoms with E-state index in [2.05, 4.69) is 0 Å². The minimum atomic E-state index is 0.0467. The zero-order valence-corrected chi connectivity index (χ0v) is 17.6. The van der Waals surface area contributed by atoms with Crippen LogP contribution in [0.2, 0.25) is 0 Å². The molecule has 4 N–H and O–H groups in total. The number of rotatable bonds is 6. The normalized spacial score (nSPS) is 11.3. The lowest BCUT2D eigenvalue weighted by Crippen LogP contribution is -1.86. The molecule has 0 radical (unpaired) electrons. The highest BCUT2D eigenvalue weighted by Gasteiger charge is 2.05. The van der Waals surface area contributed by atoms with Crippen LogP contribution in [-0.4, -0.2) is 20.4 Å². The first-order valence-electron chi connectivity index (χ1n) is 10.2. The number of aromatic hydroxyl groups is 4. The molecule has 0 bridgehead atoms. The quantitative estimate of drug-likeness (QED) is 0.253. The largest absolute Gasteiger partial charge is 0.508 e. The van der Waals surface area contributed by atoms with Crippen LogP contribution in [0.15, 0.2) is 84.9 Å². The van der Waals surface area contributed by atoms with Crippen LogP contribution < -0.4 is 4.74 Å². The first kappa shape index (κ1) is 21.6. The van der Waals surface area contributed by atoms with E-state index in [1.54, 1.807) is 72.8 Å². The van der Waals surface area contributed by atoms with Crippen molar-refractivity contribution in [2.45, 2.75) is 0 Å². The Morgan fingerprint density at radius 2 is 0.758 bits per heavy atom. The highest BCUT2D eigenvalue weighted by atomic mass is 16.5. The van der Waals surface area contributed by atoms with E-state index < -0.39 is 0 Å². The van der Waals surface area contributed by atoms with E-state index in [1.165, 1.54) is 12.1 Å². The standard InChI is InChI=1S/C28H22O5/c29-23-9-5-19(6-10-23)1-3-21-13-25(31)17-27(15-21)33-28-16-22(14-26(32)18-28)4-2-20-7-11-24(30)12-8-20/h1-18,29-32H/b3-1+,4-2+. The summed E-state index contributed by atoms with van der Waals surface area (Å²) < 4.78 is 5.90. The van der Waals surface area contributed by atoms with E-state index in [0.29, 0.717) is 11.5 Å². The minimum Gasteiger partial charge on any atom is -0.508 e. The lowest BCUT2D eigenvalue weighted by Gasteiger charge is -2.09. The summed E-state index contributed by atoms with van der Waals surface area (Å²) in [7, 11) is 0. The smallest absolute Gasteiger partial charge is 0.131 e. The Hall–Kier alpha value is -4.64. The van der Waals surface area contributed by atoms with Gasteiger partial charge < -0.3 is 25.2 Å². The second-order valence-corrected chi connectivity index (χ2v) is 7.47. The fourth-order valence-electron chi connectivity index (χ4n) is 3.21. The van der Waals surface area contributed by atoms with Crippen molar-refractivity contribution < 1.29 is 25.2 Å². The van der Waals surface area contributed by atoms with Crippen LogP contribution >= 0.6 is 0 Å². The van der Waals surface area contributed by atoms with E-state index in [1.807, 2.05) is 24.3 Å². The predicted octanol–water partition coefficient (Wildman–Crippen LogP) is 6.64. The van der Waals surface area contributed by atoms with Gasteiger partial charge in [-0.3, -0.25) is 0 Å². The molecule has 5 heteroatoms. The third-order valence-corrected chi connectivity index (χ3v) is 4.79. The molecule has 0 saturated carbocycles. The van der Waals surface area contributed by atoms with Gasteiger partial charge in [-0.2, -0.15) is 0 Å². The molecule has 0 amide bonds. The molecule has 0 fully saturated rings. The maximum Gasteiger partial charge on any atom is 0.131 e. The van der Waals surface area contributed by atoms with Gasteiger partial charge in [0.2, 0.25) is 0 Å². The monoisotopic (exact) mass is 438 g/mol. The number of hydrogen-bond donors (Lipinski definition) is 4. The summed E-state index contributed by atoms with van der Waals surface area (Å²) >= 11 is 0. The Labute approximate surface area is 191 Å². The molecule has 4 aromatic rings.